The predicted molar refractivity (Wildman–Crippen MR) is 92.8 cm³/mol. The lowest BCUT2D eigenvalue weighted by Gasteiger charge is -2.22. The third-order valence-corrected chi connectivity index (χ3v) is 5.71. The number of para-hydroxylation sites is 1. The van der Waals surface area contributed by atoms with Gasteiger partial charge in [0.15, 0.2) is 6.10 Å². The Morgan fingerprint density at radius 3 is 2.76 bits per heavy atom. The first-order valence-corrected chi connectivity index (χ1v) is 9.91. The average molecular weight is 364 g/mol. The van der Waals surface area contributed by atoms with Crippen LogP contribution in [0.3, 0.4) is 0 Å². The van der Waals surface area contributed by atoms with E-state index < -0.39 is 28.1 Å². The summed E-state index contributed by atoms with van der Waals surface area (Å²) in [5.41, 5.74) is 1.27. The molecule has 1 fully saturated rings. The summed E-state index contributed by atoms with van der Waals surface area (Å²) in [5.74, 6) is -1.00. The summed E-state index contributed by atoms with van der Waals surface area (Å²) in [5, 5.41) is 0.758. The molecule has 1 saturated heterocycles. The van der Waals surface area contributed by atoms with Gasteiger partial charge in [-0.1, -0.05) is 18.2 Å². The standard InChI is InChI=1S/C17H20N2O5S/c1-11(16(20)13-10-18-14-7-4-3-6-12(13)14)24-17(21)15-8-5-9-19(15)25(2,22)23/h3-4,6-7,10-11,15,18H,5,8-9H2,1-2H3/t11-,15-/m0/s1. The Hall–Kier alpha value is -2.19. The van der Waals surface area contributed by atoms with Crippen LogP contribution in [0.1, 0.15) is 30.1 Å². The number of rotatable bonds is 5. The molecule has 2 atom stereocenters. The number of sulfonamides is 1. The van der Waals surface area contributed by atoms with E-state index in [0.717, 1.165) is 21.5 Å². The van der Waals surface area contributed by atoms with E-state index in [1.54, 1.807) is 6.20 Å². The normalized spacial score (nSPS) is 19.8. The van der Waals surface area contributed by atoms with Gasteiger partial charge in [-0.15, -0.1) is 0 Å². The molecule has 1 aliphatic heterocycles. The Balaban J connectivity index is 1.74. The maximum atomic E-state index is 12.6. The number of aromatic nitrogens is 1. The van der Waals surface area contributed by atoms with E-state index in [-0.39, 0.29) is 5.78 Å². The zero-order chi connectivity index (χ0) is 18.2. The molecule has 1 N–H and O–H groups in total. The van der Waals surface area contributed by atoms with Crippen LogP contribution in [-0.4, -0.2) is 54.4 Å². The van der Waals surface area contributed by atoms with Gasteiger partial charge < -0.3 is 9.72 Å². The van der Waals surface area contributed by atoms with Gasteiger partial charge >= 0.3 is 5.97 Å². The molecule has 1 aliphatic rings. The van der Waals surface area contributed by atoms with E-state index in [1.165, 1.54) is 6.92 Å². The van der Waals surface area contributed by atoms with Gasteiger partial charge in [0.2, 0.25) is 15.8 Å². The highest BCUT2D eigenvalue weighted by atomic mass is 32.2. The minimum Gasteiger partial charge on any atom is -0.453 e. The number of carbonyl (C=O) groups excluding carboxylic acids is 2. The first kappa shape index (κ1) is 17.6. The molecule has 0 saturated carbocycles. The number of ketones is 1. The number of aromatic amines is 1. The van der Waals surface area contributed by atoms with E-state index in [4.69, 9.17) is 4.74 Å². The maximum absolute atomic E-state index is 12.6. The second-order valence-corrected chi connectivity index (χ2v) is 8.16. The van der Waals surface area contributed by atoms with Gasteiger partial charge in [0, 0.05) is 29.2 Å². The SMILES string of the molecule is C[C@H](OC(=O)[C@@H]1CCCN1S(C)(=O)=O)C(=O)c1c[nH]c2ccccc12. The Morgan fingerprint density at radius 1 is 1.32 bits per heavy atom. The zero-order valence-corrected chi connectivity index (χ0v) is 14.9. The molecule has 2 aromatic rings. The molecule has 1 aromatic heterocycles. The van der Waals surface area contributed by atoms with Crippen LogP contribution >= 0.6 is 0 Å². The number of hydrogen-bond acceptors (Lipinski definition) is 5. The zero-order valence-electron chi connectivity index (χ0n) is 14.1. The number of hydrogen-bond donors (Lipinski definition) is 1. The number of fused-ring (bicyclic) bond motifs is 1. The van der Waals surface area contributed by atoms with Crippen molar-refractivity contribution in [1.29, 1.82) is 0 Å². The van der Waals surface area contributed by atoms with Crippen molar-refractivity contribution in [3.05, 3.63) is 36.0 Å². The van der Waals surface area contributed by atoms with Crippen LogP contribution in [-0.2, 0) is 19.6 Å². The Morgan fingerprint density at radius 2 is 2.04 bits per heavy atom. The molecular formula is C17H20N2O5S. The van der Waals surface area contributed by atoms with Crippen molar-refractivity contribution in [3.8, 4) is 0 Å². The predicted octanol–water partition coefficient (Wildman–Crippen LogP) is 1.71. The van der Waals surface area contributed by atoms with Gasteiger partial charge in [-0.25, -0.2) is 8.42 Å². The second-order valence-electron chi connectivity index (χ2n) is 6.22. The second kappa shape index (κ2) is 6.61. The van der Waals surface area contributed by atoms with Crippen LogP contribution in [0.5, 0.6) is 0 Å². The van der Waals surface area contributed by atoms with Crippen LogP contribution in [0.25, 0.3) is 10.9 Å². The minimum atomic E-state index is -3.48. The average Bonchev–Trinajstić information content (AvgIpc) is 3.20. The van der Waals surface area contributed by atoms with Crippen molar-refractivity contribution in [2.24, 2.45) is 0 Å². The van der Waals surface area contributed by atoms with Crippen LogP contribution in [0.15, 0.2) is 30.5 Å². The van der Waals surface area contributed by atoms with Crippen molar-refractivity contribution < 1.29 is 22.7 Å². The largest absolute Gasteiger partial charge is 0.453 e. The molecule has 2 heterocycles. The summed E-state index contributed by atoms with van der Waals surface area (Å²) < 4.78 is 29.9. The first-order valence-electron chi connectivity index (χ1n) is 8.06. The number of ether oxygens (including phenoxy) is 1. The van der Waals surface area contributed by atoms with Crippen LogP contribution in [0, 0.1) is 0 Å². The van der Waals surface area contributed by atoms with E-state index in [0.29, 0.717) is 24.9 Å². The topological polar surface area (TPSA) is 96.5 Å². The highest BCUT2D eigenvalue weighted by Crippen LogP contribution is 2.23. The Labute approximate surface area is 146 Å². The quantitative estimate of drug-likeness (QED) is 0.643. The van der Waals surface area contributed by atoms with Crippen LogP contribution < -0.4 is 0 Å². The number of esters is 1. The Kier molecular flexibility index (Phi) is 4.66. The highest BCUT2D eigenvalue weighted by Gasteiger charge is 2.38. The molecule has 3 rings (SSSR count). The number of nitrogens with one attached hydrogen (secondary N) is 1. The first-order chi connectivity index (χ1) is 11.8. The van der Waals surface area contributed by atoms with Crippen molar-refractivity contribution in [1.82, 2.24) is 9.29 Å². The Bertz CT molecular complexity index is 918. The summed E-state index contributed by atoms with van der Waals surface area (Å²) in [6, 6.07) is 6.50. The fraction of sp³-hybridized carbons (Fsp3) is 0.412. The van der Waals surface area contributed by atoms with Gasteiger partial charge in [0.05, 0.1) is 6.26 Å². The van der Waals surface area contributed by atoms with E-state index in [9.17, 15) is 18.0 Å². The summed E-state index contributed by atoms with van der Waals surface area (Å²) in [7, 11) is -3.48. The monoisotopic (exact) mass is 364 g/mol. The third-order valence-electron chi connectivity index (χ3n) is 4.42. The maximum Gasteiger partial charge on any atom is 0.325 e. The minimum absolute atomic E-state index is 0.295. The number of carbonyl (C=O) groups is 2. The fourth-order valence-corrected chi connectivity index (χ4v) is 4.29. The molecule has 1 aromatic carbocycles. The van der Waals surface area contributed by atoms with Gasteiger partial charge in [0.25, 0.3) is 0 Å². The van der Waals surface area contributed by atoms with Crippen molar-refractivity contribution >= 4 is 32.7 Å². The molecule has 0 aliphatic carbocycles. The van der Waals surface area contributed by atoms with Gasteiger partial charge in [-0.3, -0.25) is 9.59 Å². The van der Waals surface area contributed by atoms with E-state index in [2.05, 4.69) is 4.98 Å². The van der Waals surface area contributed by atoms with Crippen molar-refractivity contribution in [2.75, 3.05) is 12.8 Å². The van der Waals surface area contributed by atoms with E-state index in [1.807, 2.05) is 24.3 Å². The number of Topliss-reactive ketones (excluding diaryl/α,β-unsaturated/α-hetero) is 1. The molecule has 0 amide bonds. The van der Waals surface area contributed by atoms with Crippen molar-refractivity contribution in [3.63, 3.8) is 0 Å². The lowest BCUT2D eigenvalue weighted by Crippen LogP contribution is -2.42. The smallest absolute Gasteiger partial charge is 0.325 e. The molecule has 0 bridgehead atoms. The van der Waals surface area contributed by atoms with Gasteiger partial charge in [0.1, 0.15) is 6.04 Å². The lowest BCUT2D eigenvalue weighted by molar-refractivity contribution is -0.150. The molecule has 0 unspecified atom stereocenters. The molecule has 134 valence electrons. The number of benzene rings is 1. The molecule has 7 nitrogen and oxygen atoms in total. The molecule has 8 heteroatoms. The van der Waals surface area contributed by atoms with Gasteiger partial charge in [-0.2, -0.15) is 4.31 Å². The fourth-order valence-electron chi connectivity index (χ4n) is 3.17. The number of nitrogens with zero attached hydrogens (tertiary/aromatic N) is 1. The summed E-state index contributed by atoms with van der Waals surface area (Å²) in [6.45, 7) is 1.80. The summed E-state index contributed by atoms with van der Waals surface area (Å²) >= 11 is 0. The number of H-pyrrole nitrogens is 1. The molecule has 0 radical (unpaired) electrons. The van der Waals surface area contributed by atoms with Crippen molar-refractivity contribution in [2.45, 2.75) is 31.9 Å². The van der Waals surface area contributed by atoms with Crippen LogP contribution in [0.2, 0.25) is 0 Å². The van der Waals surface area contributed by atoms with Gasteiger partial charge in [-0.05, 0) is 25.8 Å². The molecule has 25 heavy (non-hydrogen) atoms. The molecular weight excluding hydrogens is 344 g/mol. The molecule has 0 spiro atoms. The van der Waals surface area contributed by atoms with E-state index >= 15 is 0 Å². The lowest BCUT2D eigenvalue weighted by atomic mass is 10.1. The third kappa shape index (κ3) is 3.45. The highest BCUT2D eigenvalue weighted by molar-refractivity contribution is 7.88. The summed E-state index contributed by atoms with van der Waals surface area (Å²) in [4.78, 5) is 28.0. The summed E-state index contributed by atoms with van der Waals surface area (Å²) in [6.07, 6.45) is 2.67. The van der Waals surface area contributed by atoms with Crippen LogP contribution in [0.4, 0.5) is 0 Å².